The Bertz CT molecular complexity index is 171. The first-order chi connectivity index (χ1) is 3.84. The lowest BCUT2D eigenvalue weighted by Crippen LogP contribution is -1.90. The smallest absolute Gasteiger partial charge is 0.0949 e. The molecular formula is C5H7N2O. The van der Waals surface area contributed by atoms with E-state index in [1.54, 1.807) is 12.5 Å². The number of hydrogen-bond acceptors (Lipinski definition) is 2. The fourth-order valence-electron chi connectivity index (χ4n) is 0.480. The molecule has 0 aliphatic rings. The molecule has 1 rings (SSSR count). The van der Waals surface area contributed by atoms with Gasteiger partial charge in [-0.1, -0.05) is 0 Å². The van der Waals surface area contributed by atoms with E-state index in [-0.39, 0.29) is 6.61 Å². The largest absolute Gasteiger partial charge is 0.390 e. The van der Waals surface area contributed by atoms with Crippen LogP contribution in [0.25, 0.3) is 0 Å². The van der Waals surface area contributed by atoms with Crippen LogP contribution in [0.3, 0.4) is 0 Å². The van der Waals surface area contributed by atoms with Crippen LogP contribution in [0.5, 0.6) is 0 Å². The van der Waals surface area contributed by atoms with E-state index < -0.39 is 0 Å². The van der Waals surface area contributed by atoms with Crippen LogP contribution < -0.4 is 0 Å². The van der Waals surface area contributed by atoms with Gasteiger partial charge in [-0.2, -0.15) is 0 Å². The number of imidazole rings is 1. The lowest BCUT2D eigenvalue weighted by atomic mass is 10.5. The van der Waals surface area contributed by atoms with Crippen molar-refractivity contribution < 1.29 is 5.11 Å². The van der Waals surface area contributed by atoms with Crippen molar-refractivity contribution in [3.8, 4) is 0 Å². The number of aromatic nitrogens is 2. The molecule has 0 spiro atoms. The summed E-state index contributed by atoms with van der Waals surface area (Å²) in [6, 6.07) is 0. The number of aliphatic hydroxyl groups excluding tert-OH is 1. The van der Waals surface area contributed by atoms with Gasteiger partial charge in [-0.25, -0.2) is 4.98 Å². The second-order valence-electron chi connectivity index (χ2n) is 1.51. The third-order valence-corrected chi connectivity index (χ3v) is 0.961. The van der Waals surface area contributed by atoms with Crippen LogP contribution in [-0.4, -0.2) is 14.7 Å². The SMILES string of the molecule is [CH2]n1cncc1CO. The summed E-state index contributed by atoms with van der Waals surface area (Å²) in [4.78, 5) is 3.73. The van der Waals surface area contributed by atoms with Crippen LogP contribution >= 0.6 is 0 Å². The van der Waals surface area contributed by atoms with Gasteiger partial charge in [0.25, 0.3) is 0 Å². The first-order valence-corrected chi connectivity index (χ1v) is 2.27. The zero-order valence-corrected chi connectivity index (χ0v) is 4.41. The van der Waals surface area contributed by atoms with E-state index in [0.717, 1.165) is 5.69 Å². The Hall–Kier alpha value is -0.830. The molecular weight excluding hydrogens is 104 g/mol. The van der Waals surface area contributed by atoms with Crippen LogP contribution in [0.2, 0.25) is 0 Å². The van der Waals surface area contributed by atoms with Crippen molar-refractivity contribution in [2.24, 2.45) is 0 Å². The van der Waals surface area contributed by atoms with E-state index in [9.17, 15) is 0 Å². The van der Waals surface area contributed by atoms with Crippen LogP contribution in [0, 0.1) is 7.05 Å². The predicted molar refractivity (Wildman–Crippen MR) is 28.9 cm³/mol. The van der Waals surface area contributed by atoms with E-state index in [4.69, 9.17) is 5.11 Å². The van der Waals surface area contributed by atoms with Gasteiger partial charge < -0.3 is 9.67 Å². The summed E-state index contributed by atoms with van der Waals surface area (Å²) in [5.74, 6) is 0. The van der Waals surface area contributed by atoms with E-state index in [1.807, 2.05) is 0 Å². The zero-order valence-electron chi connectivity index (χ0n) is 4.41. The van der Waals surface area contributed by atoms with Crippen molar-refractivity contribution in [2.45, 2.75) is 6.61 Å². The molecule has 8 heavy (non-hydrogen) atoms. The molecule has 0 unspecified atom stereocenters. The highest BCUT2D eigenvalue weighted by Gasteiger charge is 1.91. The molecule has 0 aliphatic carbocycles. The van der Waals surface area contributed by atoms with E-state index in [1.165, 1.54) is 4.57 Å². The van der Waals surface area contributed by atoms with Crippen molar-refractivity contribution in [1.82, 2.24) is 9.55 Å². The minimum atomic E-state index is 0.00347. The molecule has 1 radical (unpaired) electrons. The summed E-state index contributed by atoms with van der Waals surface area (Å²) in [6.45, 7) is 0.00347. The van der Waals surface area contributed by atoms with Crippen LogP contribution in [-0.2, 0) is 6.61 Å². The quantitative estimate of drug-likeness (QED) is 0.554. The minimum absolute atomic E-state index is 0.00347. The molecule has 0 aliphatic heterocycles. The van der Waals surface area contributed by atoms with E-state index >= 15 is 0 Å². The molecule has 1 N–H and O–H groups in total. The topological polar surface area (TPSA) is 38.0 Å². The van der Waals surface area contributed by atoms with Gasteiger partial charge in [-0.3, -0.25) is 0 Å². The molecule has 0 fully saturated rings. The standard InChI is InChI=1S/C5H7N2O/c1-7-4-6-2-5(7)3-8/h2,4,8H,1,3H2. The Morgan fingerprint density at radius 2 is 2.62 bits per heavy atom. The average molecular weight is 111 g/mol. The fraction of sp³-hybridized carbons (Fsp3) is 0.200. The molecule has 1 aromatic heterocycles. The third kappa shape index (κ3) is 0.721. The summed E-state index contributed by atoms with van der Waals surface area (Å²) in [5.41, 5.74) is 0.727. The lowest BCUT2D eigenvalue weighted by Gasteiger charge is -1.92. The number of hydrogen-bond donors (Lipinski definition) is 1. The molecule has 0 saturated carbocycles. The van der Waals surface area contributed by atoms with Gasteiger partial charge in [-0.15, -0.1) is 0 Å². The highest BCUT2D eigenvalue weighted by molar-refractivity contribution is 4.96. The fourth-order valence-corrected chi connectivity index (χ4v) is 0.480. The van der Waals surface area contributed by atoms with Gasteiger partial charge in [0.2, 0.25) is 0 Å². The number of nitrogens with zero attached hydrogens (tertiary/aromatic N) is 2. The summed E-state index contributed by atoms with van der Waals surface area (Å²) in [7, 11) is 3.55. The van der Waals surface area contributed by atoms with Gasteiger partial charge in [0.05, 0.1) is 24.8 Å². The van der Waals surface area contributed by atoms with E-state index in [2.05, 4.69) is 12.0 Å². The van der Waals surface area contributed by atoms with Gasteiger partial charge in [-0.05, 0) is 0 Å². The summed E-state index contributed by atoms with van der Waals surface area (Å²) < 4.78 is 1.53. The highest BCUT2D eigenvalue weighted by atomic mass is 16.3. The maximum Gasteiger partial charge on any atom is 0.0949 e. The molecule has 3 nitrogen and oxygen atoms in total. The molecule has 0 saturated heterocycles. The van der Waals surface area contributed by atoms with Gasteiger partial charge in [0.15, 0.2) is 0 Å². The molecule has 0 bridgehead atoms. The van der Waals surface area contributed by atoms with Gasteiger partial charge in [0.1, 0.15) is 0 Å². The normalized spacial score (nSPS) is 9.75. The molecule has 3 heteroatoms. The molecule has 0 aromatic carbocycles. The van der Waals surface area contributed by atoms with E-state index in [0.29, 0.717) is 0 Å². The Kier molecular flexibility index (Phi) is 1.30. The molecule has 0 amide bonds. The van der Waals surface area contributed by atoms with Crippen molar-refractivity contribution in [3.05, 3.63) is 25.3 Å². The first-order valence-electron chi connectivity index (χ1n) is 2.27. The van der Waals surface area contributed by atoms with Crippen molar-refractivity contribution in [1.29, 1.82) is 0 Å². The monoisotopic (exact) mass is 111 g/mol. The van der Waals surface area contributed by atoms with Crippen LogP contribution in [0.4, 0.5) is 0 Å². The van der Waals surface area contributed by atoms with Gasteiger partial charge >= 0.3 is 0 Å². The Morgan fingerprint density at radius 1 is 1.88 bits per heavy atom. The third-order valence-electron chi connectivity index (χ3n) is 0.961. The van der Waals surface area contributed by atoms with Crippen LogP contribution in [0.15, 0.2) is 12.5 Å². The second kappa shape index (κ2) is 1.96. The Labute approximate surface area is 47.6 Å². The van der Waals surface area contributed by atoms with Crippen molar-refractivity contribution in [3.63, 3.8) is 0 Å². The Morgan fingerprint density at radius 3 is 2.88 bits per heavy atom. The lowest BCUT2D eigenvalue weighted by molar-refractivity contribution is 0.274. The average Bonchev–Trinajstić information content (AvgIpc) is 2.14. The molecule has 1 heterocycles. The first kappa shape index (κ1) is 5.31. The summed E-state index contributed by atoms with van der Waals surface area (Å²) in [5, 5.41) is 8.51. The molecule has 0 atom stereocenters. The minimum Gasteiger partial charge on any atom is -0.390 e. The summed E-state index contributed by atoms with van der Waals surface area (Å²) in [6.07, 6.45) is 3.12. The number of aliphatic hydroxyl groups is 1. The maximum atomic E-state index is 8.51. The Balaban J connectivity index is 2.92. The highest BCUT2D eigenvalue weighted by Crippen LogP contribution is 1.93. The summed E-state index contributed by atoms with van der Waals surface area (Å²) >= 11 is 0. The molecule has 43 valence electrons. The maximum absolute atomic E-state index is 8.51. The molecule has 1 aromatic rings. The predicted octanol–water partition coefficient (Wildman–Crippen LogP) is 0.0151. The van der Waals surface area contributed by atoms with Gasteiger partial charge in [0, 0.05) is 7.05 Å². The number of rotatable bonds is 1. The second-order valence-corrected chi connectivity index (χ2v) is 1.51. The van der Waals surface area contributed by atoms with Crippen molar-refractivity contribution >= 4 is 0 Å². The van der Waals surface area contributed by atoms with Crippen molar-refractivity contribution in [2.75, 3.05) is 0 Å². The zero-order chi connectivity index (χ0) is 5.98. The van der Waals surface area contributed by atoms with Crippen LogP contribution in [0.1, 0.15) is 5.69 Å².